The molecule has 0 spiro atoms. The fraction of sp³-hybridized carbons (Fsp3) is 0.333. The molecule has 96 valence electrons. The first-order chi connectivity index (χ1) is 8.56. The van der Waals surface area contributed by atoms with Gasteiger partial charge in [-0.3, -0.25) is 9.59 Å². The second kappa shape index (κ2) is 5.39. The van der Waals surface area contributed by atoms with E-state index >= 15 is 0 Å². The SMILES string of the molecule is Cc1ccc(F)c(NC(=O)CN2CSCC2=O)c1. The van der Waals surface area contributed by atoms with Gasteiger partial charge in [-0.25, -0.2) is 4.39 Å². The van der Waals surface area contributed by atoms with Crippen molar-refractivity contribution >= 4 is 29.3 Å². The maximum atomic E-state index is 13.4. The molecular weight excluding hydrogens is 255 g/mol. The number of anilines is 1. The average Bonchev–Trinajstić information content (AvgIpc) is 2.70. The molecule has 0 atom stereocenters. The molecule has 1 heterocycles. The maximum Gasteiger partial charge on any atom is 0.244 e. The van der Waals surface area contributed by atoms with Crippen molar-refractivity contribution in [3.05, 3.63) is 29.6 Å². The van der Waals surface area contributed by atoms with Crippen LogP contribution in [0.5, 0.6) is 0 Å². The van der Waals surface area contributed by atoms with Crippen LogP contribution in [-0.2, 0) is 9.59 Å². The summed E-state index contributed by atoms with van der Waals surface area (Å²) in [6, 6.07) is 4.50. The minimum absolute atomic E-state index is 0.0286. The van der Waals surface area contributed by atoms with Gasteiger partial charge in [0.05, 0.1) is 17.3 Å². The molecule has 2 amide bonds. The summed E-state index contributed by atoms with van der Waals surface area (Å²) in [6.07, 6.45) is 0. The Labute approximate surface area is 109 Å². The van der Waals surface area contributed by atoms with Crippen LogP contribution in [0, 0.1) is 12.7 Å². The number of thioether (sulfide) groups is 1. The lowest BCUT2D eigenvalue weighted by atomic mass is 10.2. The molecule has 6 heteroatoms. The van der Waals surface area contributed by atoms with E-state index in [1.54, 1.807) is 12.1 Å². The van der Waals surface area contributed by atoms with E-state index in [0.717, 1.165) is 5.56 Å². The smallest absolute Gasteiger partial charge is 0.244 e. The largest absolute Gasteiger partial charge is 0.323 e. The Kier molecular flexibility index (Phi) is 3.86. The number of amides is 2. The van der Waals surface area contributed by atoms with E-state index in [4.69, 9.17) is 0 Å². The zero-order valence-electron chi connectivity index (χ0n) is 9.90. The first-order valence-corrected chi connectivity index (χ1v) is 6.63. The molecule has 0 saturated carbocycles. The minimum Gasteiger partial charge on any atom is -0.323 e. The van der Waals surface area contributed by atoms with Gasteiger partial charge in [0.25, 0.3) is 0 Å². The highest BCUT2D eigenvalue weighted by molar-refractivity contribution is 8.00. The summed E-state index contributed by atoms with van der Waals surface area (Å²) >= 11 is 1.47. The van der Waals surface area contributed by atoms with Crippen LogP contribution in [0.2, 0.25) is 0 Å². The summed E-state index contributed by atoms with van der Waals surface area (Å²) in [5.74, 6) is 0.0144. The number of nitrogens with one attached hydrogen (secondary N) is 1. The van der Waals surface area contributed by atoms with Gasteiger partial charge >= 0.3 is 0 Å². The molecule has 1 fully saturated rings. The standard InChI is InChI=1S/C12H13FN2O2S/c1-8-2-3-9(13)10(4-8)14-11(16)5-15-7-18-6-12(15)17/h2-4H,5-7H2,1H3,(H,14,16). The summed E-state index contributed by atoms with van der Waals surface area (Å²) in [7, 11) is 0. The van der Waals surface area contributed by atoms with Crippen LogP contribution < -0.4 is 5.32 Å². The molecule has 1 aliphatic heterocycles. The van der Waals surface area contributed by atoms with E-state index in [9.17, 15) is 14.0 Å². The van der Waals surface area contributed by atoms with E-state index in [1.807, 2.05) is 6.92 Å². The Morgan fingerprint density at radius 1 is 1.56 bits per heavy atom. The van der Waals surface area contributed by atoms with Crippen LogP contribution >= 0.6 is 11.8 Å². The van der Waals surface area contributed by atoms with Gasteiger partial charge in [-0.2, -0.15) is 0 Å². The van der Waals surface area contributed by atoms with Crippen LogP contribution in [0.3, 0.4) is 0 Å². The van der Waals surface area contributed by atoms with Crippen molar-refractivity contribution in [3.63, 3.8) is 0 Å². The van der Waals surface area contributed by atoms with Gasteiger partial charge in [-0.15, -0.1) is 11.8 Å². The predicted molar refractivity (Wildman–Crippen MR) is 68.8 cm³/mol. The highest BCUT2D eigenvalue weighted by Crippen LogP contribution is 2.17. The normalized spacial score (nSPS) is 15.0. The van der Waals surface area contributed by atoms with Crippen molar-refractivity contribution in [2.75, 3.05) is 23.5 Å². The first kappa shape index (κ1) is 12.9. The number of carbonyl (C=O) groups is 2. The fourth-order valence-corrected chi connectivity index (χ4v) is 2.54. The lowest BCUT2D eigenvalue weighted by Gasteiger charge is -2.14. The summed E-state index contributed by atoms with van der Waals surface area (Å²) < 4.78 is 13.4. The number of aryl methyl sites for hydroxylation is 1. The van der Waals surface area contributed by atoms with Crippen molar-refractivity contribution in [3.8, 4) is 0 Å². The van der Waals surface area contributed by atoms with E-state index in [2.05, 4.69) is 5.32 Å². The third-order valence-corrected chi connectivity index (χ3v) is 3.50. The number of hydrogen-bond acceptors (Lipinski definition) is 3. The second-order valence-corrected chi connectivity index (χ2v) is 5.06. The quantitative estimate of drug-likeness (QED) is 0.906. The van der Waals surface area contributed by atoms with Gasteiger partial charge in [0.15, 0.2) is 0 Å². The molecule has 0 bridgehead atoms. The summed E-state index contributed by atoms with van der Waals surface area (Å²) in [5, 5.41) is 2.48. The monoisotopic (exact) mass is 268 g/mol. The Morgan fingerprint density at radius 2 is 2.33 bits per heavy atom. The average molecular weight is 268 g/mol. The molecule has 1 aliphatic rings. The molecule has 0 unspecified atom stereocenters. The second-order valence-electron chi connectivity index (χ2n) is 4.10. The van der Waals surface area contributed by atoms with Gasteiger partial charge in [-0.1, -0.05) is 6.07 Å². The van der Waals surface area contributed by atoms with Gasteiger partial charge < -0.3 is 10.2 Å². The fourth-order valence-electron chi connectivity index (χ4n) is 1.64. The number of halogens is 1. The van der Waals surface area contributed by atoms with E-state index < -0.39 is 5.82 Å². The highest BCUT2D eigenvalue weighted by Gasteiger charge is 2.23. The van der Waals surface area contributed by atoms with Gasteiger partial charge in [0.2, 0.25) is 11.8 Å². The summed E-state index contributed by atoms with van der Waals surface area (Å²) in [6.45, 7) is 1.79. The summed E-state index contributed by atoms with van der Waals surface area (Å²) in [5.41, 5.74) is 1.01. The first-order valence-electron chi connectivity index (χ1n) is 5.48. The molecule has 1 aromatic rings. The summed E-state index contributed by atoms with van der Waals surface area (Å²) in [4.78, 5) is 24.5. The van der Waals surface area contributed by atoms with Crippen molar-refractivity contribution in [1.82, 2.24) is 4.90 Å². The Bertz CT molecular complexity index is 493. The third kappa shape index (κ3) is 3.01. The van der Waals surface area contributed by atoms with E-state index in [1.165, 1.54) is 22.7 Å². The minimum atomic E-state index is -0.476. The predicted octanol–water partition coefficient (Wildman–Crippen LogP) is 1.61. The van der Waals surface area contributed by atoms with Crippen molar-refractivity contribution in [2.24, 2.45) is 0 Å². The topological polar surface area (TPSA) is 49.4 Å². The number of hydrogen-bond donors (Lipinski definition) is 1. The lowest BCUT2D eigenvalue weighted by Crippen LogP contribution is -2.34. The zero-order chi connectivity index (χ0) is 13.1. The molecule has 1 aromatic carbocycles. The zero-order valence-corrected chi connectivity index (χ0v) is 10.7. The Morgan fingerprint density at radius 3 is 3.00 bits per heavy atom. The van der Waals surface area contributed by atoms with Gasteiger partial charge in [-0.05, 0) is 24.6 Å². The van der Waals surface area contributed by atoms with Crippen LogP contribution in [-0.4, -0.2) is 34.9 Å². The number of nitrogens with zero attached hydrogens (tertiary/aromatic N) is 1. The molecule has 0 aromatic heterocycles. The van der Waals surface area contributed by atoms with Crippen LogP contribution in [0.1, 0.15) is 5.56 Å². The molecule has 1 saturated heterocycles. The molecule has 1 N–H and O–H groups in total. The maximum absolute atomic E-state index is 13.4. The molecule has 18 heavy (non-hydrogen) atoms. The van der Waals surface area contributed by atoms with E-state index in [0.29, 0.717) is 11.6 Å². The van der Waals surface area contributed by atoms with Crippen LogP contribution in [0.4, 0.5) is 10.1 Å². The number of benzene rings is 1. The van der Waals surface area contributed by atoms with Crippen molar-refractivity contribution in [1.29, 1.82) is 0 Å². The lowest BCUT2D eigenvalue weighted by molar-refractivity contribution is -0.130. The highest BCUT2D eigenvalue weighted by atomic mass is 32.2. The van der Waals surface area contributed by atoms with Gasteiger partial charge in [0, 0.05) is 0 Å². The van der Waals surface area contributed by atoms with E-state index in [-0.39, 0.29) is 24.0 Å². The van der Waals surface area contributed by atoms with Crippen LogP contribution in [0.25, 0.3) is 0 Å². The van der Waals surface area contributed by atoms with Crippen LogP contribution in [0.15, 0.2) is 18.2 Å². The molecule has 4 nitrogen and oxygen atoms in total. The molecule has 0 aliphatic carbocycles. The Balaban J connectivity index is 1.98. The van der Waals surface area contributed by atoms with Crippen molar-refractivity contribution in [2.45, 2.75) is 6.92 Å². The molecule has 0 radical (unpaired) electrons. The third-order valence-electron chi connectivity index (χ3n) is 2.56. The number of carbonyl (C=O) groups excluding carboxylic acids is 2. The molecular formula is C12H13FN2O2S. The Hall–Kier alpha value is -1.56. The number of rotatable bonds is 3. The van der Waals surface area contributed by atoms with Crippen molar-refractivity contribution < 1.29 is 14.0 Å². The molecule has 2 rings (SSSR count). The van der Waals surface area contributed by atoms with Gasteiger partial charge in [0.1, 0.15) is 12.4 Å².